The average molecular weight is 413 g/mol. The Hall–Kier alpha value is -2.69. The van der Waals surface area contributed by atoms with Crippen molar-refractivity contribution in [2.75, 3.05) is 6.54 Å². The van der Waals surface area contributed by atoms with Gasteiger partial charge in [0.15, 0.2) is 0 Å². The van der Waals surface area contributed by atoms with E-state index in [1.54, 1.807) is 29.1 Å². The van der Waals surface area contributed by atoms with Crippen LogP contribution in [0.25, 0.3) is 10.7 Å². The predicted octanol–water partition coefficient (Wildman–Crippen LogP) is 3.84. The van der Waals surface area contributed by atoms with Crippen molar-refractivity contribution in [3.63, 3.8) is 0 Å². The first-order valence-electron chi connectivity index (χ1n) is 8.33. The lowest BCUT2D eigenvalue weighted by atomic mass is 9.97. The molecular formula is C17H18F3N5O2S. The molecule has 3 aromatic rings. The summed E-state index contributed by atoms with van der Waals surface area (Å²) < 4.78 is 43.5. The Balaban J connectivity index is 1.65. The molecule has 3 rings (SSSR count). The number of hydrogen-bond donors (Lipinski definition) is 1. The fraction of sp³-hybridized carbons (Fsp3) is 0.412. The first-order chi connectivity index (χ1) is 13.0. The lowest BCUT2D eigenvalue weighted by Gasteiger charge is -2.18. The molecule has 0 fully saturated rings. The lowest BCUT2D eigenvalue weighted by Crippen LogP contribution is -2.32. The van der Waals surface area contributed by atoms with E-state index in [9.17, 15) is 18.0 Å². The van der Waals surface area contributed by atoms with Gasteiger partial charge in [0.25, 0.3) is 5.91 Å². The third kappa shape index (κ3) is 4.97. The van der Waals surface area contributed by atoms with Crippen molar-refractivity contribution >= 4 is 17.2 Å². The standard InChI is InChI=1S/C17H18F3N5O2S/c1-16(2,3)9-21-14(26)11-6-7-25(23-11)8-10-4-5-12(28-10)13-22-15(27-24-13)17(18,19)20/h4-7H,8-9H2,1-3H3,(H,21,26). The predicted molar refractivity (Wildman–Crippen MR) is 95.7 cm³/mol. The van der Waals surface area contributed by atoms with Crippen molar-refractivity contribution in [3.05, 3.63) is 40.9 Å². The van der Waals surface area contributed by atoms with Gasteiger partial charge in [-0.2, -0.15) is 23.3 Å². The fourth-order valence-electron chi connectivity index (χ4n) is 2.19. The third-order valence-corrected chi connectivity index (χ3v) is 4.59. The van der Waals surface area contributed by atoms with Crippen LogP contribution in [0.15, 0.2) is 28.9 Å². The highest BCUT2D eigenvalue weighted by Gasteiger charge is 2.38. The van der Waals surface area contributed by atoms with Crippen LogP contribution >= 0.6 is 11.3 Å². The molecule has 7 nitrogen and oxygen atoms in total. The van der Waals surface area contributed by atoms with Crippen molar-refractivity contribution in [3.8, 4) is 10.7 Å². The van der Waals surface area contributed by atoms with Gasteiger partial charge >= 0.3 is 12.1 Å². The fourth-order valence-corrected chi connectivity index (χ4v) is 3.11. The SMILES string of the molecule is CC(C)(C)CNC(=O)c1ccn(Cc2ccc(-c3noc(C(F)(F)F)n3)s2)n1. The number of rotatable bonds is 5. The number of alkyl halides is 3. The number of amides is 1. The van der Waals surface area contributed by atoms with E-state index in [2.05, 4.69) is 25.1 Å². The summed E-state index contributed by atoms with van der Waals surface area (Å²) in [5.41, 5.74) is 0.265. The monoisotopic (exact) mass is 413 g/mol. The Morgan fingerprint density at radius 2 is 2.00 bits per heavy atom. The van der Waals surface area contributed by atoms with Gasteiger partial charge in [0.1, 0.15) is 5.69 Å². The van der Waals surface area contributed by atoms with Gasteiger partial charge in [0, 0.05) is 17.6 Å². The van der Waals surface area contributed by atoms with Gasteiger partial charge in [-0.05, 0) is 23.6 Å². The summed E-state index contributed by atoms with van der Waals surface area (Å²) in [6.45, 7) is 6.93. The van der Waals surface area contributed by atoms with Crippen LogP contribution in [0, 0.1) is 5.41 Å². The molecule has 1 amide bonds. The highest BCUT2D eigenvalue weighted by molar-refractivity contribution is 7.15. The number of aromatic nitrogens is 4. The first-order valence-corrected chi connectivity index (χ1v) is 9.14. The van der Waals surface area contributed by atoms with E-state index < -0.39 is 12.1 Å². The van der Waals surface area contributed by atoms with Gasteiger partial charge in [0.05, 0.1) is 11.4 Å². The Kier molecular flexibility index (Phi) is 5.28. The molecule has 0 radical (unpaired) electrons. The molecule has 150 valence electrons. The van der Waals surface area contributed by atoms with E-state index in [0.29, 0.717) is 23.7 Å². The molecule has 0 aliphatic heterocycles. The van der Waals surface area contributed by atoms with Crippen LogP contribution in [0.5, 0.6) is 0 Å². The number of thiophene rings is 1. The van der Waals surface area contributed by atoms with Crippen LogP contribution in [0.3, 0.4) is 0 Å². The van der Waals surface area contributed by atoms with E-state index in [-0.39, 0.29) is 17.1 Å². The molecule has 0 aromatic carbocycles. The number of halogens is 3. The smallest absolute Gasteiger partial charge is 0.350 e. The quantitative estimate of drug-likeness (QED) is 0.687. The van der Waals surface area contributed by atoms with Crippen molar-refractivity contribution < 1.29 is 22.5 Å². The summed E-state index contributed by atoms with van der Waals surface area (Å²) in [4.78, 5) is 16.8. The summed E-state index contributed by atoms with van der Waals surface area (Å²) in [6, 6.07) is 4.97. The van der Waals surface area contributed by atoms with Crippen molar-refractivity contribution in [1.29, 1.82) is 0 Å². The molecule has 11 heteroatoms. The molecular weight excluding hydrogens is 395 g/mol. The van der Waals surface area contributed by atoms with Crippen molar-refractivity contribution in [1.82, 2.24) is 25.2 Å². The largest absolute Gasteiger partial charge is 0.471 e. The highest BCUT2D eigenvalue weighted by atomic mass is 32.1. The van der Waals surface area contributed by atoms with E-state index in [0.717, 1.165) is 4.88 Å². The molecule has 0 unspecified atom stereocenters. The summed E-state index contributed by atoms with van der Waals surface area (Å²) in [5, 5.41) is 10.4. The van der Waals surface area contributed by atoms with Gasteiger partial charge < -0.3 is 9.84 Å². The Morgan fingerprint density at radius 3 is 2.64 bits per heavy atom. The number of carbonyl (C=O) groups is 1. The molecule has 0 aliphatic carbocycles. The van der Waals surface area contributed by atoms with E-state index in [1.165, 1.54) is 11.3 Å². The summed E-state index contributed by atoms with van der Waals surface area (Å²) in [7, 11) is 0. The second kappa shape index (κ2) is 7.38. The Labute approximate surface area is 162 Å². The first kappa shape index (κ1) is 20.1. The lowest BCUT2D eigenvalue weighted by molar-refractivity contribution is -0.159. The van der Waals surface area contributed by atoms with Crippen LogP contribution in [-0.4, -0.2) is 32.4 Å². The third-order valence-electron chi connectivity index (χ3n) is 3.52. The zero-order valence-electron chi connectivity index (χ0n) is 15.4. The normalized spacial score (nSPS) is 12.4. The second-order valence-corrected chi connectivity index (χ2v) is 8.50. The van der Waals surface area contributed by atoms with Gasteiger partial charge in [-0.15, -0.1) is 11.3 Å². The number of carbonyl (C=O) groups excluding carboxylic acids is 1. The Bertz CT molecular complexity index is 968. The van der Waals surface area contributed by atoms with Crippen LogP contribution < -0.4 is 5.32 Å². The highest BCUT2D eigenvalue weighted by Crippen LogP contribution is 2.31. The topological polar surface area (TPSA) is 85.8 Å². The number of nitrogens with one attached hydrogen (secondary N) is 1. The van der Waals surface area contributed by atoms with Crippen molar-refractivity contribution in [2.24, 2.45) is 5.41 Å². The maximum Gasteiger partial charge on any atom is 0.471 e. The molecule has 3 aromatic heterocycles. The zero-order valence-corrected chi connectivity index (χ0v) is 16.2. The van der Waals surface area contributed by atoms with Gasteiger partial charge in [-0.1, -0.05) is 25.9 Å². The summed E-state index contributed by atoms with van der Waals surface area (Å²) in [5.74, 6) is -1.76. The van der Waals surface area contributed by atoms with E-state index in [4.69, 9.17) is 0 Å². The van der Waals surface area contributed by atoms with Crippen LogP contribution in [0.2, 0.25) is 0 Å². The molecule has 0 saturated heterocycles. The molecule has 0 aliphatic rings. The molecule has 0 saturated carbocycles. The molecule has 0 spiro atoms. The maximum atomic E-state index is 12.6. The van der Waals surface area contributed by atoms with Crippen LogP contribution in [0.4, 0.5) is 13.2 Å². The Morgan fingerprint density at radius 1 is 1.25 bits per heavy atom. The molecule has 28 heavy (non-hydrogen) atoms. The number of nitrogens with zero attached hydrogens (tertiary/aromatic N) is 4. The minimum Gasteiger partial charge on any atom is -0.350 e. The second-order valence-electron chi connectivity index (χ2n) is 7.33. The van der Waals surface area contributed by atoms with Crippen LogP contribution in [0.1, 0.15) is 42.0 Å². The van der Waals surface area contributed by atoms with E-state index in [1.807, 2.05) is 20.8 Å². The van der Waals surface area contributed by atoms with Gasteiger partial charge in [-0.25, -0.2) is 0 Å². The summed E-state index contributed by atoms with van der Waals surface area (Å²) in [6.07, 6.45) is -3.01. The minimum absolute atomic E-state index is 0.0350. The van der Waals surface area contributed by atoms with Gasteiger partial charge in [0.2, 0.25) is 5.82 Å². The van der Waals surface area contributed by atoms with Crippen LogP contribution in [-0.2, 0) is 12.7 Å². The maximum absolute atomic E-state index is 12.6. The molecule has 1 N–H and O–H groups in total. The van der Waals surface area contributed by atoms with Gasteiger partial charge in [-0.3, -0.25) is 9.48 Å². The molecule has 3 heterocycles. The average Bonchev–Trinajstić information content (AvgIpc) is 3.31. The molecule has 0 bridgehead atoms. The van der Waals surface area contributed by atoms with Crippen molar-refractivity contribution in [2.45, 2.75) is 33.5 Å². The zero-order chi connectivity index (χ0) is 20.5. The minimum atomic E-state index is -4.68. The number of hydrogen-bond acceptors (Lipinski definition) is 6. The van der Waals surface area contributed by atoms with E-state index >= 15 is 0 Å². The summed E-state index contributed by atoms with van der Waals surface area (Å²) >= 11 is 1.22. The molecule has 0 atom stereocenters.